The fourth-order valence-corrected chi connectivity index (χ4v) is 4.70. The third-order valence-corrected chi connectivity index (χ3v) is 6.82. The molecule has 0 bridgehead atoms. The number of amides is 3. The first-order chi connectivity index (χ1) is 18.9. The van der Waals surface area contributed by atoms with E-state index in [0.717, 1.165) is 28.5 Å². The van der Waals surface area contributed by atoms with Gasteiger partial charge in [-0.1, -0.05) is 48.5 Å². The number of aromatic amines is 1. The molecule has 1 saturated heterocycles. The van der Waals surface area contributed by atoms with Gasteiger partial charge in [-0.05, 0) is 36.6 Å². The number of carbonyl (C=O) groups excluding carboxylic acids is 3. The summed E-state index contributed by atoms with van der Waals surface area (Å²) in [5, 5.41) is 31.3. The minimum atomic E-state index is -1.27. The fourth-order valence-electron chi connectivity index (χ4n) is 4.70. The van der Waals surface area contributed by atoms with Gasteiger partial charge in [0, 0.05) is 29.9 Å². The number of hydrogen-bond acceptors (Lipinski definition) is 6. The maximum Gasteiger partial charge on any atom is 0.326 e. The Hall–Kier alpha value is -4.22. The van der Waals surface area contributed by atoms with Gasteiger partial charge in [-0.3, -0.25) is 14.4 Å². The maximum absolute atomic E-state index is 13.4. The number of fused-ring (bicyclic) bond motifs is 1. The Kier molecular flexibility index (Phi) is 9.29. The highest BCUT2D eigenvalue weighted by Gasteiger charge is 2.31. The molecule has 2 heterocycles. The van der Waals surface area contributed by atoms with E-state index >= 15 is 0 Å². The largest absolute Gasteiger partial charge is 0.480 e. The monoisotopic (exact) mass is 535 g/mol. The van der Waals surface area contributed by atoms with E-state index in [0.29, 0.717) is 13.0 Å². The average molecular weight is 536 g/mol. The molecule has 0 spiro atoms. The fraction of sp³-hybridized carbons (Fsp3) is 0.357. The van der Waals surface area contributed by atoms with Gasteiger partial charge in [0.15, 0.2) is 0 Å². The highest BCUT2D eigenvalue weighted by atomic mass is 16.4. The van der Waals surface area contributed by atoms with Gasteiger partial charge in [0.05, 0.1) is 12.6 Å². The third-order valence-electron chi connectivity index (χ3n) is 6.82. The van der Waals surface area contributed by atoms with Crippen LogP contribution in [0.25, 0.3) is 10.9 Å². The highest BCUT2D eigenvalue weighted by Crippen LogP contribution is 2.19. The maximum atomic E-state index is 13.4. The Morgan fingerprint density at radius 1 is 0.872 bits per heavy atom. The van der Waals surface area contributed by atoms with Gasteiger partial charge in [-0.2, -0.15) is 0 Å². The van der Waals surface area contributed by atoms with Gasteiger partial charge in [-0.15, -0.1) is 0 Å². The number of aliphatic carboxylic acids is 1. The molecule has 3 amide bonds. The van der Waals surface area contributed by atoms with Crippen molar-refractivity contribution in [2.45, 2.75) is 49.9 Å². The van der Waals surface area contributed by atoms with Crippen molar-refractivity contribution in [3.05, 3.63) is 71.9 Å². The predicted molar refractivity (Wildman–Crippen MR) is 144 cm³/mol. The van der Waals surface area contributed by atoms with Gasteiger partial charge >= 0.3 is 5.97 Å². The average Bonchev–Trinajstić information content (AvgIpc) is 3.62. The summed E-state index contributed by atoms with van der Waals surface area (Å²) in [5.41, 5.74) is 2.31. The van der Waals surface area contributed by atoms with Crippen LogP contribution < -0.4 is 21.3 Å². The summed E-state index contributed by atoms with van der Waals surface area (Å²) in [7, 11) is 0. The van der Waals surface area contributed by atoms with Crippen molar-refractivity contribution in [1.29, 1.82) is 0 Å². The van der Waals surface area contributed by atoms with Crippen molar-refractivity contribution >= 4 is 34.6 Å². The molecule has 1 aliphatic rings. The number of aliphatic hydroxyl groups is 1. The standard InChI is InChI=1S/C28H33N5O6/c34-16-24(33-25(35)21-11-6-12-29-21)27(37)31-22(13-17-7-2-1-3-8-17)26(36)32-23(28(38)39)14-18-15-30-20-10-5-4-9-19(18)20/h1-5,7-10,15,21-24,29-30,34H,6,11-14,16H2,(H,31,37)(H,32,36)(H,33,35)(H,38,39). The van der Waals surface area contributed by atoms with E-state index in [4.69, 9.17) is 0 Å². The van der Waals surface area contributed by atoms with Crippen molar-refractivity contribution in [3.63, 3.8) is 0 Å². The van der Waals surface area contributed by atoms with Gasteiger partial charge in [0.25, 0.3) is 0 Å². The van der Waals surface area contributed by atoms with Crippen LogP contribution in [-0.4, -0.2) is 76.2 Å². The third kappa shape index (κ3) is 7.21. The molecule has 1 fully saturated rings. The number of aliphatic hydroxyl groups excluding tert-OH is 1. The predicted octanol–water partition coefficient (Wildman–Crippen LogP) is 0.236. The number of carboxylic acid groups (broad SMARTS) is 1. The van der Waals surface area contributed by atoms with E-state index in [2.05, 4.69) is 26.3 Å². The minimum absolute atomic E-state index is 0.0286. The number of aromatic nitrogens is 1. The first-order valence-electron chi connectivity index (χ1n) is 12.9. The molecule has 7 N–H and O–H groups in total. The van der Waals surface area contributed by atoms with Crippen LogP contribution in [0.2, 0.25) is 0 Å². The summed E-state index contributed by atoms with van der Waals surface area (Å²) >= 11 is 0. The summed E-state index contributed by atoms with van der Waals surface area (Å²) in [6.07, 6.45) is 3.27. The Balaban J connectivity index is 1.48. The smallest absolute Gasteiger partial charge is 0.326 e. The summed E-state index contributed by atoms with van der Waals surface area (Å²) in [4.78, 5) is 54.1. The van der Waals surface area contributed by atoms with E-state index in [9.17, 15) is 29.4 Å². The van der Waals surface area contributed by atoms with Gasteiger partial charge in [0.1, 0.15) is 18.1 Å². The van der Waals surface area contributed by atoms with Crippen LogP contribution in [-0.2, 0) is 32.0 Å². The Morgan fingerprint density at radius 2 is 1.56 bits per heavy atom. The van der Waals surface area contributed by atoms with Crippen molar-refractivity contribution in [3.8, 4) is 0 Å². The van der Waals surface area contributed by atoms with Gasteiger partial charge in [-0.25, -0.2) is 4.79 Å². The molecule has 206 valence electrons. The second-order valence-electron chi connectivity index (χ2n) is 9.61. The lowest BCUT2D eigenvalue weighted by Gasteiger charge is -2.24. The number of hydrogen-bond donors (Lipinski definition) is 7. The molecule has 1 aliphatic heterocycles. The molecule has 0 aliphatic carbocycles. The molecular formula is C28H33N5O6. The molecule has 0 saturated carbocycles. The Bertz CT molecular complexity index is 1300. The summed E-state index contributed by atoms with van der Waals surface area (Å²) in [5.74, 6) is -3.07. The molecule has 4 rings (SSSR count). The van der Waals surface area contributed by atoms with E-state index in [-0.39, 0.29) is 12.8 Å². The number of nitrogens with one attached hydrogen (secondary N) is 5. The van der Waals surface area contributed by atoms with Crippen molar-refractivity contribution in [2.75, 3.05) is 13.2 Å². The molecule has 11 nitrogen and oxygen atoms in total. The molecule has 11 heteroatoms. The SMILES string of the molecule is O=C(O)C(Cc1c[nH]c2ccccc12)NC(=O)C(Cc1ccccc1)NC(=O)C(CO)NC(=O)C1CCCN1. The molecule has 39 heavy (non-hydrogen) atoms. The lowest BCUT2D eigenvalue weighted by molar-refractivity contribution is -0.142. The van der Waals surface area contributed by atoms with Gasteiger partial charge < -0.3 is 36.5 Å². The topological polar surface area (TPSA) is 173 Å². The first-order valence-corrected chi connectivity index (χ1v) is 12.9. The van der Waals surface area contributed by atoms with E-state index in [1.807, 2.05) is 30.3 Å². The van der Waals surface area contributed by atoms with Crippen molar-refractivity contribution in [1.82, 2.24) is 26.3 Å². The molecular weight excluding hydrogens is 502 g/mol. The lowest BCUT2D eigenvalue weighted by Crippen LogP contribution is -2.58. The Labute approximate surface area is 225 Å². The van der Waals surface area contributed by atoms with Crippen LogP contribution in [0.4, 0.5) is 0 Å². The normalized spacial score (nSPS) is 17.2. The zero-order valence-corrected chi connectivity index (χ0v) is 21.4. The zero-order chi connectivity index (χ0) is 27.8. The number of carboxylic acids is 1. The van der Waals surface area contributed by atoms with E-state index < -0.39 is 54.5 Å². The quantitative estimate of drug-likeness (QED) is 0.174. The van der Waals surface area contributed by atoms with Crippen LogP contribution in [0.15, 0.2) is 60.8 Å². The number of rotatable bonds is 12. The van der Waals surface area contributed by atoms with Gasteiger partial charge in [0.2, 0.25) is 17.7 Å². The number of H-pyrrole nitrogens is 1. The first kappa shape index (κ1) is 27.8. The zero-order valence-electron chi connectivity index (χ0n) is 21.4. The van der Waals surface area contributed by atoms with E-state index in [1.165, 1.54) is 0 Å². The minimum Gasteiger partial charge on any atom is -0.480 e. The lowest BCUT2D eigenvalue weighted by atomic mass is 10.0. The second-order valence-corrected chi connectivity index (χ2v) is 9.61. The molecule has 0 radical (unpaired) electrons. The number of para-hydroxylation sites is 1. The summed E-state index contributed by atoms with van der Waals surface area (Å²) in [6.45, 7) is 0.0268. The van der Waals surface area contributed by atoms with Crippen LogP contribution in [0.5, 0.6) is 0 Å². The van der Waals surface area contributed by atoms with Crippen LogP contribution >= 0.6 is 0 Å². The molecule has 1 aromatic heterocycles. The number of carbonyl (C=O) groups is 4. The molecule has 4 unspecified atom stereocenters. The molecule has 2 aromatic carbocycles. The van der Waals surface area contributed by atoms with Crippen LogP contribution in [0.3, 0.4) is 0 Å². The van der Waals surface area contributed by atoms with Crippen molar-refractivity contribution < 1.29 is 29.4 Å². The molecule has 4 atom stereocenters. The van der Waals surface area contributed by atoms with Crippen LogP contribution in [0, 0.1) is 0 Å². The second kappa shape index (κ2) is 13.0. The van der Waals surface area contributed by atoms with Crippen LogP contribution in [0.1, 0.15) is 24.0 Å². The van der Waals surface area contributed by atoms with E-state index in [1.54, 1.807) is 30.5 Å². The summed E-state index contributed by atoms with van der Waals surface area (Å²) in [6, 6.07) is 12.3. The summed E-state index contributed by atoms with van der Waals surface area (Å²) < 4.78 is 0. The molecule has 3 aromatic rings. The Morgan fingerprint density at radius 3 is 2.26 bits per heavy atom. The number of benzene rings is 2. The highest BCUT2D eigenvalue weighted by molar-refractivity contribution is 5.94. The van der Waals surface area contributed by atoms with Crippen molar-refractivity contribution in [2.24, 2.45) is 0 Å².